The van der Waals surface area contributed by atoms with Gasteiger partial charge in [0.1, 0.15) is 5.60 Å². The molecule has 1 atom stereocenters. The Morgan fingerprint density at radius 1 is 1.00 bits per heavy atom. The lowest BCUT2D eigenvalue weighted by atomic mass is 10.2. The first kappa shape index (κ1) is 16.2. The van der Waals surface area contributed by atoms with Crippen molar-refractivity contribution >= 4 is 0 Å². The molecular formula is C15H21N3O4. The summed E-state index contributed by atoms with van der Waals surface area (Å²) in [4.78, 5) is 37.4. The van der Waals surface area contributed by atoms with Crippen molar-refractivity contribution in [2.75, 3.05) is 6.61 Å². The van der Waals surface area contributed by atoms with Gasteiger partial charge in [-0.2, -0.15) is 0 Å². The maximum absolute atomic E-state index is 12.5. The number of hydrogen-bond acceptors (Lipinski definition) is 4. The average molecular weight is 307 g/mol. The number of aromatic nitrogens is 3. The van der Waals surface area contributed by atoms with Gasteiger partial charge in [0.2, 0.25) is 0 Å². The summed E-state index contributed by atoms with van der Waals surface area (Å²) in [5, 5.41) is 0. The van der Waals surface area contributed by atoms with Crippen LogP contribution in [0.3, 0.4) is 0 Å². The molecule has 1 aliphatic heterocycles. The van der Waals surface area contributed by atoms with Gasteiger partial charge in [0.25, 0.3) is 0 Å². The molecule has 0 amide bonds. The fourth-order valence-electron chi connectivity index (χ4n) is 2.18. The molecule has 0 aromatic carbocycles. The number of rotatable bonds is 6. The lowest BCUT2D eigenvalue weighted by molar-refractivity contribution is 0.279. The second kappa shape index (κ2) is 5.57. The van der Waals surface area contributed by atoms with Crippen molar-refractivity contribution in [3.05, 3.63) is 55.8 Å². The molecule has 2 rings (SSSR count). The fourth-order valence-corrected chi connectivity index (χ4v) is 2.18. The van der Waals surface area contributed by atoms with Crippen LogP contribution in [-0.4, -0.2) is 25.9 Å². The molecule has 0 spiro atoms. The van der Waals surface area contributed by atoms with Crippen molar-refractivity contribution in [1.29, 1.82) is 0 Å². The Hall–Kier alpha value is -2.15. The monoisotopic (exact) mass is 307 g/mol. The van der Waals surface area contributed by atoms with Gasteiger partial charge in [-0.25, -0.2) is 28.1 Å². The molecule has 7 nitrogen and oxygen atoms in total. The lowest BCUT2D eigenvalue weighted by Crippen LogP contribution is -2.55. The molecular weight excluding hydrogens is 286 g/mol. The highest BCUT2D eigenvalue weighted by molar-refractivity contribution is 4.96. The minimum Gasteiger partial charge on any atom is -0.368 e. The van der Waals surface area contributed by atoms with Crippen molar-refractivity contribution in [3.8, 4) is 0 Å². The van der Waals surface area contributed by atoms with Gasteiger partial charge in [-0.1, -0.05) is 24.3 Å². The van der Waals surface area contributed by atoms with Gasteiger partial charge in [-0.05, 0) is 20.8 Å². The number of epoxide rings is 1. The normalized spacial score (nSPS) is 20.0. The van der Waals surface area contributed by atoms with Crippen LogP contribution in [-0.2, 0) is 24.4 Å². The third-order valence-corrected chi connectivity index (χ3v) is 3.37. The van der Waals surface area contributed by atoms with Crippen molar-refractivity contribution in [2.45, 2.75) is 46.0 Å². The summed E-state index contributed by atoms with van der Waals surface area (Å²) in [7, 11) is 0. The molecule has 1 aliphatic rings. The Balaban J connectivity index is 2.68. The summed E-state index contributed by atoms with van der Waals surface area (Å²) in [6.07, 6.45) is 0. The highest BCUT2D eigenvalue weighted by Gasteiger charge is 2.40. The van der Waals surface area contributed by atoms with Gasteiger partial charge in [0.15, 0.2) is 0 Å². The molecule has 1 aromatic heterocycles. The minimum atomic E-state index is -0.640. The minimum absolute atomic E-state index is 0.0751. The molecule has 0 N–H and O–H groups in total. The molecule has 1 saturated heterocycles. The van der Waals surface area contributed by atoms with Crippen molar-refractivity contribution < 1.29 is 4.74 Å². The quantitative estimate of drug-likeness (QED) is 0.552. The van der Waals surface area contributed by atoms with Crippen LogP contribution in [0.15, 0.2) is 38.7 Å². The molecule has 1 aromatic rings. The van der Waals surface area contributed by atoms with Crippen LogP contribution in [0.2, 0.25) is 0 Å². The van der Waals surface area contributed by atoms with E-state index < -0.39 is 22.7 Å². The molecule has 22 heavy (non-hydrogen) atoms. The van der Waals surface area contributed by atoms with E-state index in [1.807, 2.05) is 6.92 Å². The highest BCUT2D eigenvalue weighted by atomic mass is 16.6. The van der Waals surface area contributed by atoms with Crippen molar-refractivity contribution in [2.24, 2.45) is 0 Å². The smallest absolute Gasteiger partial charge is 0.336 e. The molecule has 0 aliphatic carbocycles. The Kier molecular flexibility index (Phi) is 4.10. The Morgan fingerprint density at radius 3 is 1.68 bits per heavy atom. The molecule has 0 saturated carbocycles. The van der Waals surface area contributed by atoms with Gasteiger partial charge >= 0.3 is 17.1 Å². The van der Waals surface area contributed by atoms with Gasteiger partial charge in [-0.3, -0.25) is 0 Å². The van der Waals surface area contributed by atoms with E-state index in [1.165, 1.54) is 0 Å². The largest absolute Gasteiger partial charge is 0.368 e. The SMILES string of the molecule is C=C(C)Cn1c(=O)n(CC(=C)C)c(=O)n(CC2(C)CO2)c1=O. The van der Waals surface area contributed by atoms with Crippen LogP contribution in [0.5, 0.6) is 0 Å². The molecule has 120 valence electrons. The number of allylic oxidation sites excluding steroid dienone is 2. The average Bonchev–Trinajstić information content (AvgIpc) is 3.13. The van der Waals surface area contributed by atoms with Crippen molar-refractivity contribution in [1.82, 2.24) is 13.7 Å². The summed E-state index contributed by atoms with van der Waals surface area (Å²) >= 11 is 0. The number of ether oxygens (including phenoxy) is 1. The zero-order valence-electron chi connectivity index (χ0n) is 13.2. The second-order valence-corrected chi connectivity index (χ2v) is 6.26. The maximum atomic E-state index is 12.5. The molecule has 1 unspecified atom stereocenters. The molecule has 7 heteroatoms. The first-order chi connectivity index (χ1) is 10.1. The van der Waals surface area contributed by atoms with E-state index in [0.717, 1.165) is 13.7 Å². The second-order valence-electron chi connectivity index (χ2n) is 6.26. The van der Waals surface area contributed by atoms with Crippen LogP contribution in [0, 0.1) is 0 Å². The van der Waals surface area contributed by atoms with Gasteiger partial charge in [0.05, 0.1) is 26.2 Å². The van der Waals surface area contributed by atoms with Crippen LogP contribution >= 0.6 is 0 Å². The Bertz CT molecular complexity index is 751. The predicted molar refractivity (Wildman–Crippen MR) is 83.2 cm³/mol. The number of hydrogen-bond donors (Lipinski definition) is 0. The number of nitrogens with zero attached hydrogens (tertiary/aromatic N) is 3. The van der Waals surface area contributed by atoms with Crippen LogP contribution < -0.4 is 17.1 Å². The van der Waals surface area contributed by atoms with E-state index in [-0.39, 0.29) is 19.6 Å². The predicted octanol–water partition coefficient (Wildman–Crippen LogP) is 0.113. The topological polar surface area (TPSA) is 78.5 Å². The standard InChI is InChI=1S/C15H21N3O4/c1-10(2)6-16-12(19)17(7-11(3)4)14(21)18(13(16)20)8-15(5)9-22-15/h1,3,6-9H2,2,4-5H3. The molecule has 0 radical (unpaired) electrons. The zero-order valence-corrected chi connectivity index (χ0v) is 13.2. The third-order valence-electron chi connectivity index (χ3n) is 3.37. The zero-order chi connectivity index (χ0) is 16.7. The molecule has 2 heterocycles. The van der Waals surface area contributed by atoms with E-state index in [9.17, 15) is 14.4 Å². The summed E-state index contributed by atoms with van der Waals surface area (Å²) in [6.45, 7) is 13.5. The third kappa shape index (κ3) is 3.19. The van der Waals surface area contributed by atoms with E-state index >= 15 is 0 Å². The van der Waals surface area contributed by atoms with Crippen LogP contribution in [0.25, 0.3) is 0 Å². The first-order valence-electron chi connectivity index (χ1n) is 7.02. The summed E-state index contributed by atoms with van der Waals surface area (Å²) in [5.74, 6) is 0. The van der Waals surface area contributed by atoms with E-state index in [1.54, 1.807) is 13.8 Å². The maximum Gasteiger partial charge on any atom is 0.336 e. The summed E-state index contributed by atoms with van der Waals surface area (Å²) in [5.41, 5.74) is -1.12. The first-order valence-corrected chi connectivity index (χ1v) is 7.02. The van der Waals surface area contributed by atoms with Crippen LogP contribution in [0.4, 0.5) is 0 Å². The molecule has 0 bridgehead atoms. The summed E-state index contributed by atoms with van der Waals surface area (Å²) in [6, 6.07) is 0. The lowest BCUT2D eigenvalue weighted by Gasteiger charge is -2.15. The van der Waals surface area contributed by atoms with Gasteiger partial charge < -0.3 is 4.74 Å². The Labute approximate surface area is 127 Å². The van der Waals surface area contributed by atoms with Gasteiger partial charge in [-0.15, -0.1) is 0 Å². The van der Waals surface area contributed by atoms with E-state index in [2.05, 4.69) is 13.2 Å². The Morgan fingerprint density at radius 2 is 1.36 bits per heavy atom. The summed E-state index contributed by atoms with van der Waals surface area (Å²) < 4.78 is 8.36. The van der Waals surface area contributed by atoms with Crippen molar-refractivity contribution in [3.63, 3.8) is 0 Å². The van der Waals surface area contributed by atoms with E-state index in [4.69, 9.17) is 4.74 Å². The molecule has 1 fully saturated rings. The van der Waals surface area contributed by atoms with Crippen LogP contribution in [0.1, 0.15) is 20.8 Å². The van der Waals surface area contributed by atoms with E-state index in [0.29, 0.717) is 17.8 Å². The highest BCUT2D eigenvalue weighted by Crippen LogP contribution is 2.26. The fraction of sp³-hybridized carbons (Fsp3) is 0.533. The van der Waals surface area contributed by atoms with Gasteiger partial charge in [0, 0.05) is 0 Å².